The van der Waals surface area contributed by atoms with Crippen LogP contribution in [-0.4, -0.2) is 30.7 Å². The number of rotatable bonds is 8. The van der Waals surface area contributed by atoms with E-state index in [9.17, 15) is 14.4 Å². The van der Waals surface area contributed by atoms with E-state index in [-0.39, 0.29) is 24.0 Å². The van der Waals surface area contributed by atoms with E-state index in [0.717, 1.165) is 5.56 Å². The maximum Gasteiger partial charge on any atom is 0.255 e. The molecule has 0 aliphatic carbocycles. The van der Waals surface area contributed by atoms with Crippen LogP contribution < -0.4 is 16.4 Å². The van der Waals surface area contributed by atoms with Crippen LogP contribution in [0.3, 0.4) is 0 Å². The summed E-state index contributed by atoms with van der Waals surface area (Å²) in [6.07, 6.45) is 0.255. The molecule has 0 saturated carbocycles. The van der Waals surface area contributed by atoms with Crippen molar-refractivity contribution in [3.05, 3.63) is 101 Å². The van der Waals surface area contributed by atoms with Crippen LogP contribution in [0.1, 0.15) is 31.8 Å². The number of hydrogen-bond donors (Lipinski definition) is 3. The normalized spacial score (nSPS) is 10.3. The van der Waals surface area contributed by atoms with Gasteiger partial charge in [-0.2, -0.15) is 0 Å². The lowest BCUT2D eigenvalue weighted by Gasteiger charge is -2.08. The number of anilines is 1. The molecule has 6 nitrogen and oxygen atoms in total. The van der Waals surface area contributed by atoms with Crippen molar-refractivity contribution < 1.29 is 14.4 Å². The van der Waals surface area contributed by atoms with Crippen LogP contribution in [0.4, 0.5) is 5.69 Å². The summed E-state index contributed by atoms with van der Waals surface area (Å²) in [7, 11) is 0. The first-order valence-electron chi connectivity index (χ1n) is 9.63. The average molecular weight is 401 g/mol. The van der Waals surface area contributed by atoms with Crippen LogP contribution in [0.25, 0.3) is 0 Å². The highest BCUT2D eigenvalue weighted by Gasteiger charge is 2.11. The first-order chi connectivity index (χ1) is 14.6. The Kier molecular flexibility index (Phi) is 7.08. The Morgan fingerprint density at radius 1 is 0.733 bits per heavy atom. The van der Waals surface area contributed by atoms with E-state index in [2.05, 4.69) is 10.6 Å². The number of nitrogens with one attached hydrogen (secondary N) is 2. The molecular weight excluding hydrogens is 378 g/mol. The molecule has 3 aromatic rings. The average Bonchev–Trinajstić information content (AvgIpc) is 2.79. The van der Waals surface area contributed by atoms with Gasteiger partial charge in [-0.3, -0.25) is 14.4 Å². The van der Waals surface area contributed by atoms with E-state index in [1.165, 1.54) is 0 Å². The fourth-order valence-electron chi connectivity index (χ4n) is 2.90. The van der Waals surface area contributed by atoms with Gasteiger partial charge in [-0.15, -0.1) is 0 Å². The second kappa shape index (κ2) is 10.1. The standard InChI is InChI=1S/C24H23N3O3/c25-14-15-26-22(28)16-17-6-12-21(13-7-17)27-24(30)20-10-8-19(9-11-20)23(29)18-4-2-1-3-5-18/h1-13H,14-16,25H2,(H,26,28)(H,27,30). The van der Waals surface area contributed by atoms with Gasteiger partial charge in [-0.05, 0) is 29.8 Å². The van der Waals surface area contributed by atoms with Crippen molar-refractivity contribution in [2.45, 2.75) is 6.42 Å². The lowest BCUT2D eigenvalue weighted by Crippen LogP contribution is -2.30. The molecule has 3 rings (SSSR count). The monoisotopic (exact) mass is 401 g/mol. The molecule has 0 bridgehead atoms. The van der Waals surface area contributed by atoms with Crippen molar-refractivity contribution in [2.75, 3.05) is 18.4 Å². The molecule has 0 unspecified atom stereocenters. The van der Waals surface area contributed by atoms with E-state index >= 15 is 0 Å². The molecule has 4 N–H and O–H groups in total. The summed E-state index contributed by atoms with van der Waals surface area (Å²) in [6.45, 7) is 0.848. The molecule has 0 spiro atoms. The number of ketones is 1. The largest absolute Gasteiger partial charge is 0.355 e. The third-order valence-corrected chi connectivity index (χ3v) is 4.49. The number of amides is 2. The molecule has 0 atom stereocenters. The Balaban J connectivity index is 1.59. The first-order valence-corrected chi connectivity index (χ1v) is 9.63. The van der Waals surface area contributed by atoms with E-state index in [1.807, 2.05) is 18.2 Å². The predicted molar refractivity (Wildman–Crippen MR) is 116 cm³/mol. The van der Waals surface area contributed by atoms with Gasteiger partial charge in [-0.25, -0.2) is 0 Å². The highest BCUT2D eigenvalue weighted by Crippen LogP contribution is 2.14. The lowest BCUT2D eigenvalue weighted by molar-refractivity contribution is -0.120. The summed E-state index contributed by atoms with van der Waals surface area (Å²) < 4.78 is 0. The van der Waals surface area contributed by atoms with Crippen LogP contribution in [-0.2, 0) is 11.2 Å². The van der Waals surface area contributed by atoms with Gasteiger partial charge in [0, 0.05) is 35.5 Å². The molecular formula is C24H23N3O3. The minimum absolute atomic E-state index is 0.0892. The van der Waals surface area contributed by atoms with Crippen LogP contribution in [0, 0.1) is 0 Å². The van der Waals surface area contributed by atoms with Crippen molar-refractivity contribution in [3.8, 4) is 0 Å². The summed E-state index contributed by atoms with van der Waals surface area (Å²) in [6, 6.07) is 22.6. The molecule has 0 fully saturated rings. The molecule has 0 radical (unpaired) electrons. The number of nitrogens with two attached hydrogens (primary N) is 1. The van der Waals surface area contributed by atoms with E-state index in [0.29, 0.717) is 35.5 Å². The Morgan fingerprint density at radius 3 is 1.97 bits per heavy atom. The van der Waals surface area contributed by atoms with Crippen LogP contribution in [0.15, 0.2) is 78.9 Å². The van der Waals surface area contributed by atoms with E-state index in [4.69, 9.17) is 5.73 Å². The summed E-state index contributed by atoms with van der Waals surface area (Å²) in [4.78, 5) is 36.6. The summed E-state index contributed by atoms with van der Waals surface area (Å²) in [5.74, 6) is -0.460. The van der Waals surface area contributed by atoms with Crippen LogP contribution in [0.5, 0.6) is 0 Å². The van der Waals surface area contributed by atoms with Gasteiger partial charge in [0.1, 0.15) is 0 Å². The highest BCUT2D eigenvalue weighted by atomic mass is 16.2. The molecule has 0 saturated heterocycles. The second-order valence-corrected chi connectivity index (χ2v) is 6.74. The quantitative estimate of drug-likeness (QED) is 0.505. The van der Waals surface area contributed by atoms with E-state index < -0.39 is 0 Å². The zero-order valence-corrected chi connectivity index (χ0v) is 16.4. The zero-order chi connectivity index (χ0) is 21.3. The molecule has 6 heteroatoms. The Hall–Kier alpha value is -3.77. The molecule has 2 amide bonds. The van der Waals surface area contributed by atoms with Crippen molar-refractivity contribution in [1.29, 1.82) is 0 Å². The summed E-state index contributed by atoms with van der Waals surface area (Å²) >= 11 is 0. The Bertz CT molecular complexity index is 1010. The number of carbonyl (C=O) groups excluding carboxylic acids is 3. The van der Waals surface area contributed by atoms with Gasteiger partial charge in [-0.1, -0.05) is 54.6 Å². The molecule has 30 heavy (non-hydrogen) atoms. The number of carbonyl (C=O) groups is 3. The maximum atomic E-state index is 12.5. The summed E-state index contributed by atoms with van der Waals surface area (Å²) in [5, 5.41) is 5.53. The lowest BCUT2D eigenvalue weighted by atomic mass is 10.0. The minimum Gasteiger partial charge on any atom is -0.355 e. The van der Waals surface area contributed by atoms with Crippen molar-refractivity contribution in [2.24, 2.45) is 5.73 Å². The third-order valence-electron chi connectivity index (χ3n) is 4.49. The molecule has 0 heterocycles. The molecule has 0 aliphatic heterocycles. The Labute approximate surface area is 175 Å². The van der Waals surface area contributed by atoms with Crippen LogP contribution >= 0.6 is 0 Å². The van der Waals surface area contributed by atoms with Gasteiger partial charge in [0.2, 0.25) is 5.91 Å². The van der Waals surface area contributed by atoms with Crippen molar-refractivity contribution in [3.63, 3.8) is 0 Å². The fourth-order valence-corrected chi connectivity index (χ4v) is 2.90. The zero-order valence-electron chi connectivity index (χ0n) is 16.4. The minimum atomic E-state index is -0.276. The third kappa shape index (κ3) is 5.62. The number of benzene rings is 3. The van der Waals surface area contributed by atoms with Gasteiger partial charge >= 0.3 is 0 Å². The smallest absolute Gasteiger partial charge is 0.255 e. The SMILES string of the molecule is NCCNC(=O)Cc1ccc(NC(=O)c2ccc(C(=O)c3ccccc3)cc2)cc1. The Morgan fingerprint density at radius 2 is 1.33 bits per heavy atom. The fraction of sp³-hybridized carbons (Fsp3) is 0.125. The number of hydrogen-bond acceptors (Lipinski definition) is 4. The molecule has 0 aliphatic rings. The predicted octanol–water partition coefficient (Wildman–Crippen LogP) is 2.79. The van der Waals surface area contributed by atoms with Crippen molar-refractivity contribution in [1.82, 2.24) is 5.32 Å². The van der Waals surface area contributed by atoms with E-state index in [1.54, 1.807) is 60.7 Å². The van der Waals surface area contributed by atoms with Crippen LogP contribution in [0.2, 0.25) is 0 Å². The van der Waals surface area contributed by atoms with Gasteiger partial charge in [0.05, 0.1) is 6.42 Å². The first kappa shape index (κ1) is 21.0. The van der Waals surface area contributed by atoms with Crippen molar-refractivity contribution >= 4 is 23.3 Å². The molecule has 152 valence electrons. The maximum absolute atomic E-state index is 12.5. The van der Waals surface area contributed by atoms with Gasteiger partial charge in [0.15, 0.2) is 5.78 Å². The summed E-state index contributed by atoms with van der Waals surface area (Å²) in [5.41, 5.74) is 8.40. The van der Waals surface area contributed by atoms with Gasteiger partial charge < -0.3 is 16.4 Å². The molecule has 3 aromatic carbocycles. The topological polar surface area (TPSA) is 101 Å². The molecule has 0 aromatic heterocycles. The highest BCUT2D eigenvalue weighted by molar-refractivity contribution is 6.10. The second-order valence-electron chi connectivity index (χ2n) is 6.74. The van der Waals surface area contributed by atoms with Gasteiger partial charge in [0.25, 0.3) is 5.91 Å².